The average Bonchev–Trinajstić information content (AvgIpc) is 2.81. The van der Waals surface area contributed by atoms with Gasteiger partial charge < -0.3 is 9.47 Å². The van der Waals surface area contributed by atoms with Gasteiger partial charge in [0.05, 0.1) is 18.6 Å². The Morgan fingerprint density at radius 1 is 1.04 bits per heavy atom. The molecule has 26 heavy (non-hydrogen) atoms. The minimum absolute atomic E-state index is 0.154. The van der Waals surface area contributed by atoms with Gasteiger partial charge in [0.1, 0.15) is 6.10 Å². The molecule has 4 nitrogen and oxygen atoms in total. The first kappa shape index (κ1) is 19.9. The van der Waals surface area contributed by atoms with E-state index in [0.29, 0.717) is 30.8 Å². The molecule has 0 amide bonds. The summed E-state index contributed by atoms with van der Waals surface area (Å²) in [6.07, 6.45) is 11.6. The van der Waals surface area contributed by atoms with E-state index in [1.165, 1.54) is 32.1 Å². The number of esters is 1. The molecule has 0 spiro atoms. The first-order chi connectivity index (χ1) is 12.6. The molecule has 4 heteroatoms. The molecule has 148 valence electrons. The molecule has 4 fully saturated rings. The van der Waals surface area contributed by atoms with Gasteiger partial charge in [-0.15, -0.1) is 0 Å². The van der Waals surface area contributed by atoms with Crippen molar-refractivity contribution in [2.75, 3.05) is 6.61 Å². The first-order valence-electron chi connectivity index (χ1n) is 11.0. The fourth-order valence-electron chi connectivity index (χ4n) is 5.54. The van der Waals surface area contributed by atoms with E-state index in [2.05, 4.69) is 6.92 Å². The molecule has 6 unspecified atom stereocenters. The first-order valence-corrected chi connectivity index (χ1v) is 11.0. The molecule has 2 aliphatic carbocycles. The maximum atomic E-state index is 13.2. The Bertz CT molecular complexity index is 489. The van der Waals surface area contributed by atoms with E-state index in [1.54, 1.807) is 0 Å². The van der Waals surface area contributed by atoms with Gasteiger partial charge in [0, 0.05) is 6.42 Å². The summed E-state index contributed by atoms with van der Waals surface area (Å²) in [7, 11) is 0. The number of unbranched alkanes of at least 4 members (excludes halogenated alkanes) is 1. The van der Waals surface area contributed by atoms with E-state index in [0.717, 1.165) is 32.1 Å². The molecule has 0 N–H and O–H groups in total. The number of fused-ring (bicyclic) bond motifs is 2. The van der Waals surface area contributed by atoms with Crippen LogP contribution in [0.2, 0.25) is 0 Å². The van der Waals surface area contributed by atoms with E-state index >= 15 is 0 Å². The van der Waals surface area contributed by atoms with Crippen molar-refractivity contribution in [3.63, 3.8) is 0 Å². The molecular weight excluding hydrogens is 328 g/mol. The average molecular weight is 365 g/mol. The molecule has 2 aliphatic heterocycles. The van der Waals surface area contributed by atoms with Gasteiger partial charge in [-0.25, -0.2) is 0 Å². The van der Waals surface area contributed by atoms with Gasteiger partial charge in [-0.3, -0.25) is 9.59 Å². The lowest BCUT2D eigenvalue weighted by Gasteiger charge is -2.44. The highest BCUT2D eigenvalue weighted by atomic mass is 16.5. The number of hydrogen-bond acceptors (Lipinski definition) is 4. The molecule has 4 bridgehead atoms. The van der Waals surface area contributed by atoms with E-state index in [4.69, 9.17) is 9.47 Å². The summed E-state index contributed by atoms with van der Waals surface area (Å²) in [6.45, 7) is 4.32. The maximum absolute atomic E-state index is 13.2. The second-order valence-electron chi connectivity index (χ2n) is 8.63. The zero-order valence-corrected chi connectivity index (χ0v) is 16.6. The molecule has 0 radical (unpaired) electrons. The summed E-state index contributed by atoms with van der Waals surface area (Å²) in [6, 6.07) is 0. The lowest BCUT2D eigenvalue weighted by atomic mass is 9.72. The Balaban J connectivity index is 1.70. The van der Waals surface area contributed by atoms with Gasteiger partial charge in [-0.1, -0.05) is 32.6 Å². The summed E-state index contributed by atoms with van der Waals surface area (Å²) in [5, 5.41) is 0. The molecule has 0 aromatic rings. The van der Waals surface area contributed by atoms with Crippen LogP contribution < -0.4 is 0 Å². The minimum atomic E-state index is -0.297. The van der Waals surface area contributed by atoms with Crippen molar-refractivity contribution in [1.82, 2.24) is 0 Å². The molecule has 6 atom stereocenters. The third-order valence-electron chi connectivity index (χ3n) is 6.98. The van der Waals surface area contributed by atoms with Crippen LogP contribution in [0.1, 0.15) is 84.5 Å². The Morgan fingerprint density at radius 3 is 2.58 bits per heavy atom. The van der Waals surface area contributed by atoms with Crippen LogP contribution in [0.15, 0.2) is 0 Å². The highest BCUT2D eigenvalue weighted by molar-refractivity contribution is 5.88. The van der Waals surface area contributed by atoms with Crippen LogP contribution in [-0.2, 0) is 19.1 Å². The molecule has 2 heterocycles. The summed E-state index contributed by atoms with van der Waals surface area (Å²) < 4.78 is 11.6. The fraction of sp³-hybridized carbons (Fsp3) is 0.909. The normalized spacial score (nSPS) is 34.6. The summed E-state index contributed by atoms with van der Waals surface area (Å²) >= 11 is 0. The Hall–Kier alpha value is -0.900. The van der Waals surface area contributed by atoms with Crippen LogP contribution in [-0.4, -0.2) is 30.6 Å². The molecule has 0 aromatic carbocycles. The van der Waals surface area contributed by atoms with Gasteiger partial charge in [-0.05, 0) is 63.2 Å². The van der Waals surface area contributed by atoms with Crippen LogP contribution in [0.25, 0.3) is 0 Å². The predicted molar refractivity (Wildman–Crippen MR) is 101 cm³/mol. The number of rotatable bonds is 8. The number of ketones is 1. The molecule has 4 rings (SSSR count). The van der Waals surface area contributed by atoms with Crippen LogP contribution in [0, 0.1) is 23.7 Å². The molecule has 2 saturated carbocycles. The van der Waals surface area contributed by atoms with E-state index in [9.17, 15) is 9.59 Å². The van der Waals surface area contributed by atoms with Crippen LogP contribution >= 0.6 is 0 Å². The number of hydrogen-bond donors (Lipinski definition) is 0. The van der Waals surface area contributed by atoms with Crippen LogP contribution in [0.3, 0.4) is 0 Å². The van der Waals surface area contributed by atoms with E-state index in [-0.39, 0.29) is 29.9 Å². The van der Waals surface area contributed by atoms with Crippen molar-refractivity contribution in [3.05, 3.63) is 0 Å². The Morgan fingerprint density at radius 2 is 1.81 bits per heavy atom. The fourth-order valence-corrected chi connectivity index (χ4v) is 5.54. The van der Waals surface area contributed by atoms with Gasteiger partial charge in [-0.2, -0.15) is 0 Å². The predicted octanol–water partition coefficient (Wildman–Crippen LogP) is 4.69. The monoisotopic (exact) mass is 364 g/mol. The Labute approximate surface area is 158 Å². The smallest absolute Gasteiger partial charge is 0.309 e. The van der Waals surface area contributed by atoms with Crippen molar-refractivity contribution in [3.8, 4) is 0 Å². The van der Waals surface area contributed by atoms with Crippen molar-refractivity contribution < 1.29 is 19.1 Å². The van der Waals surface area contributed by atoms with Crippen molar-refractivity contribution >= 4 is 11.8 Å². The minimum Gasteiger partial charge on any atom is -0.466 e. The van der Waals surface area contributed by atoms with Crippen molar-refractivity contribution in [1.29, 1.82) is 0 Å². The van der Waals surface area contributed by atoms with E-state index < -0.39 is 0 Å². The molecule has 4 aliphatic rings. The summed E-state index contributed by atoms with van der Waals surface area (Å²) in [4.78, 5) is 25.5. The summed E-state index contributed by atoms with van der Waals surface area (Å²) in [5.74, 6) is 1.29. The number of ether oxygens (including phenoxy) is 2. The van der Waals surface area contributed by atoms with E-state index in [1.807, 2.05) is 6.92 Å². The molecule has 0 aromatic heterocycles. The largest absolute Gasteiger partial charge is 0.466 e. The lowest BCUT2D eigenvalue weighted by molar-refractivity contribution is -0.164. The van der Waals surface area contributed by atoms with Crippen molar-refractivity contribution in [2.24, 2.45) is 23.7 Å². The zero-order chi connectivity index (χ0) is 18.5. The second kappa shape index (κ2) is 9.34. The third-order valence-corrected chi connectivity index (χ3v) is 6.98. The number of Topliss-reactive ketones (excluding diaryl/α,β-unsaturated/α-hetero) is 1. The SMILES string of the molecule is CCCCC(CC(=O)C1OC2CCC1C1CCCC2CC1)C(=O)OCC. The molecular formula is C22H36O4. The maximum Gasteiger partial charge on any atom is 0.309 e. The standard InChI is InChI=1S/C22H36O4/c1-3-5-7-17(22(24)25-4-2)14-19(23)21-18-12-13-20(26-21)16-9-6-8-15(18)10-11-16/h15-18,20-21H,3-14H2,1-2H3. The van der Waals surface area contributed by atoms with Gasteiger partial charge in [0.2, 0.25) is 0 Å². The second-order valence-corrected chi connectivity index (χ2v) is 8.63. The Kier molecular flexibility index (Phi) is 7.13. The highest BCUT2D eigenvalue weighted by Gasteiger charge is 2.46. The topological polar surface area (TPSA) is 52.6 Å². The third kappa shape index (κ3) is 4.49. The molecule has 2 saturated heterocycles. The highest BCUT2D eigenvalue weighted by Crippen LogP contribution is 2.46. The summed E-state index contributed by atoms with van der Waals surface area (Å²) in [5.41, 5.74) is 0. The van der Waals surface area contributed by atoms with Crippen LogP contribution in [0.5, 0.6) is 0 Å². The zero-order valence-electron chi connectivity index (χ0n) is 16.6. The quantitative estimate of drug-likeness (QED) is 0.586. The van der Waals surface area contributed by atoms with Crippen molar-refractivity contribution in [2.45, 2.75) is 96.7 Å². The van der Waals surface area contributed by atoms with Gasteiger partial charge in [0.15, 0.2) is 5.78 Å². The van der Waals surface area contributed by atoms with Gasteiger partial charge >= 0.3 is 5.97 Å². The van der Waals surface area contributed by atoms with Gasteiger partial charge in [0.25, 0.3) is 0 Å². The number of carbonyl (C=O) groups is 2. The number of carbonyl (C=O) groups excluding carboxylic acids is 2. The lowest BCUT2D eigenvalue weighted by Crippen LogP contribution is -2.47. The van der Waals surface area contributed by atoms with Crippen LogP contribution in [0.4, 0.5) is 0 Å².